The van der Waals surface area contributed by atoms with Gasteiger partial charge in [-0.15, -0.1) is 0 Å². The molecule has 306 valence electrons. The molecule has 15 heteroatoms. The van der Waals surface area contributed by atoms with Gasteiger partial charge in [0, 0.05) is 50.4 Å². The number of phenols is 2. The van der Waals surface area contributed by atoms with Crippen LogP contribution < -0.4 is 16.4 Å². The lowest BCUT2D eigenvalue weighted by molar-refractivity contribution is -0.112. The number of unbranched alkanes of at least 4 members (excludes halogenated alkanes) is 4. The van der Waals surface area contributed by atoms with Crippen molar-refractivity contribution < 1.29 is 53.4 Å². The first-order valence-corrected chi connectivity index (χ1v) is 18.8. The van der Waals surface area contributed by atoms with Crippen molar-refractivity contribution >= 4 is 35.5 Å². The average Bonchev–Trinajstić information content (AvgIpc) is 3.15. The van der Waals surface area contributed by atoms with Gasteiger partial charge in [-0.1, -0.05) is 56.1 Å². The summed E-state index contributed by atoms with van der Waals surface area (Å²) in [5.74, 6) is -1.96. The second kappa shape index (κ2) is 22.8. The monoisotopic (exact) mass is 772 g/mol. The Morgan fingerprint density at radius 2 is 1.75 bits per heavy atom. The number of amides is 3. The minimum atomic E-state index is -1.05. The van der Waals surface area contributed by atoms with Gasteiger partial charge in [-0.2, -0.15) is 0 Å². The van der Waals surface area contributed by atoms with E-state index in [1.165, 1.54) is 26.4 Å². The quantitative estimate of drug-likeness (QED) is 0.0662. The summed E-state index contributed by atoms with van der Waals surface area (Å²) >= 11 is 0. The molecule has 0 radical (unpaired) electrons. The van der Waals surface area contributed by atoms with E-state index in [-0.39, 0.29) is 35.5 Å². The first-order valence-electron chi connectivity index (χ1n) is 18.8. The number of carbonyl (C=O) groups is 3. The summed E-state index contributed by atoms with van der Waals surface area (Å²) < 4.78 is 27.5. The van der Waals surface area contributed by atoms with Gasteiger partial charge in [0.2, 0.25) is 0 Å². The molecule has 5 atom stereocenters. The van der Waals surface area contributed by atoms with Gasteiger partial charge in [0.25, 0.3) is 5.91 Å². The molecule has 1 saturated heterocycles. The molecule has 55 heavy (non-hydrogen) atoms. The van der Waals surface area contributed by atoms with Crippen LogP contribution >= 0.6 is 0 Å². The molecule has 3 rings (SSSR count). The van der Waals surface area contributed by atoms with Crippen molar-refractivity contribution in [2.24, 2.45) is 11.7 Å². The van der Waals surface area contributed by atoms with Crippen LogP contribution in [0.15, 0.2) is 47.1 Å². The molecule has 1 aromatic rings. The van der Waals surface area contributed by atoms with Gasteiger partial charge in [-0.25, -0.2) is 9.59 Å². The van der Waals surface area contributed by atoms with E-state index >= 15 is 0 Å². The van der Waals surface area contributed by atoms with Crippen molar-refractivity contribution in [1.82, 2.24) is 4.90 Å². The highest BCUT2D eigenvalue weighted by atomic mass is 16.6. The number of morpholine rings is 1. The third-order valence-electron chi connectivity index (χ3n) is 9.68. The predicted octanol–water partition coefficient (Wildman–Crippen LogP) is 5.61. The van der Waals surface area contributed by atoms with Gasteiger partial charge < -0.3 is 50.1 Å². The molecule has 2 heterocycles. The second-order valence-corrected chi connectivity index (χ2v) is 14.0. The summed E-state index contributed by atoms with van der Waals surface area (Å²) in [6.07, 6.45) is 7.40. The first-order chi connectivity index (χ1) is 26.2. The van der Waals surface area contributed by atoms with E-state index in [2.05, 4.69) is 15.5 Å². The number of rotatable bonds is 12. The van der Waals surface area contributed by atoms with Crippen LogP contribution in [0.5, 0.6) is 11.5 Å². The van der Waals surface area contributed by atoms with Crippen molar-refractivity contribution in [2.75, 3.05) is 64.3 Å². The minimum absolute atomic E-state index is 0.00646. The summed E-state index contributed by atoms with van der Waals surface area (Å²) in [5, 5.41) is 39.2. The highest BCUT2D eigenvalue weighted by Gasteiger charge is 2.29. The molecule has 0 aromatic heterocycles. The molecule has 1 fully saturated rings. The average molecular weight is 773 g/mol. The number of anilines is 2. The van der Waals surface area contributed by atoms with Crippen LogP contribution in [0.1, 0.15) is 71.8 Å². The third-order valence-corrected chi connectivity index (χ3v) is 9.68. The standard InChI is InChI=1S/C40H60N4O11/c1-25-21-29-34(43-40(50)54-18-11-9-7-8-10-15-44-16-19-53-20-17-44)31(45)24-30(36(29)47)42-38(48)26(2)13-12-14-32(51-5)37(55-39(41)49)28(4)23-27(3)35(46)33(22-25)52-6/h12-14,21,23-24,27,32-33,35,37,45-47H,7-11,15-20,22H2,1-6H3,(H2,41,49)(H,42,48)(H,43,50)/t27-,32-,33-,35+,37-/m0/s1. The zero-order valence-corrected chi connectivity index (χ0v) is 33.0. The van der Waals surface area contributed by atoms with Gasteiger partial charge in [-0.05, 0) is 58.2 Å². The Balaban J connectivity index is 1.85. The van der Waals surface area contributed by atoms with Gasteiger partial charge >= 0.3 is 12.2 Å². The Morgan fingerprint density at radius 3 is 2.42 bits per heavy atom. The number of nitrogens with one attached hydrogen (secondary N) is 2. The highest BCUT2D eigenvalue weighted by Crippen LogP contribution is 2.42. The first kappa shape index (κ1) is 45.0. The zero-order valence-electron chi connectivity index (χ0n) is 33.0. The fourth-order valence-corrected chi connectivity index (χ4v) is 6.51. The number of aliphatic hydroxyl groups is 1. The summed E-state index contributed by atoms with van der Waals surface area (Å²) in [5.41, 5.74) is 6.51. The Bertz CT molecular complexity index is 1570. The number of phenolic OH excluding ortho intramolecular Hbond substituents is 2. The number of primary amides is 1. The summed E-state index contributed by atoms with van der Waals surface area (Å²) in [4.78, 5) is 40.4. The predicted molar refractivity (Wildman–Crippen MR) is 210 cm³/mol. The smallest absolute Gasteiger partial charge is 0.411 e. The maximum Gasteiger partial charge on any atom is 0.411 e. The van der Waals surface area contributed by atoms with Gasteiger partial charge in [0.05, 0.1) is 43.4 Å². The van der Waals surface area contributed by atoms with Crippen molar-refractivity contribution in [1.29, 1.82) is 0 Å². The lowest BCUT2D eigenvalue weighted by Gasteiger charge is -2.28. The second-order valence-electron chi connectivity index (χ2n) is 14.0. The molecule has 0 unspecified atom stereocenters. The molecule has 2 aliphatic rings. The summed E-state index contributed by atoms with van der Waals surface area (Å²) in [6.45, 7) is 11.5. The van der Waals surface area contributed by atoms with E-state index in [1.54, 1.807) is 45.9 Å². The molecular weight excluding hydrogens is 712 g/mol. The van der Waals surface area contributed by atoms with Crippen LogP contribution in [0.2, 0.25) is 0 Å². The summed E-state index contributed by atoms with van der Waals surface area (Å²) in [7, 11) is 2.88. The van der Waals surface area contributed by atoms with Crippen molar-refractivity contribution in [3.05, 3.63) is 52.7 Å². The van der Waals surface area contributed by atoms with E-state index in [9.17, 15) is 29.7 Å². The van der Waals surface area contributed by atoms with E-state index in [1.807, 2.05) is 0 Å². The number of fused-ring (bicyclic) bond motifs is 2. The number of hydrogen-bond acceptors (Lipinski definition) is 12. The maximum atomic E-state index is 13.2. The zero-order chi connectivity index (χ0) is 40.5. The van der Waals surface area contributed by atoms with Gasteiger partial charge in [-0.3, -0.25) is 15.0 Å². The van der Waals surface area contributed by atoms with Crippen LogP contribution in [-0.4, -0.2) is 116 Å². The molecule has 0 aliphatic carbocycles. The molecule has 2 bridgehead atoms. The molecular formula is C40H60N4O11. The number of nitrogens with two attached hydrogens (primary N) is 1. The molecule has 1 aromatic carbocycles. The van der Waals surface area contributed by atoms with E-state index in [0.29, 0.717) is 17.6 Å². The van der Waals surface area contributed by atoms with Gasteiger partial charge in [0.1, 0.15) is 17.6 Å². The topological polar surface area (TPSA) is 211 Å². The summed E-state index contributed by atoms with van der Waals surface area (Å²) in [6, 6.07) is 1.13. The Morgan fingerprint density at radius 1 is 1.05 bits per heavy atom. The molecule has 15 nitrogen and oxygen atoms in total. The normalized spacial score (nSPS) is 23.2. The van der Waals surface area contributed by atoms with E-state index in [0.717, 1.165) is 64.6 Å². The number of aromatic hydroxyl groups is 2. The largest absolute Gasteiger partial charge is 0.506 e. The van der Waals surface area contributed by atoms with Crippen LogP contribution in [0.25, 0.3) is 6.08 Å². The number of benzene rings is 1. The fourth-order valence-electron chi connectivity index (χ4n) is 6.51. The van der Waals surface area contributed by atoms with Crippen LogP contribution in [0, 0.1) is 5.92 Å². The molecule has 0 spiro atoms. The van der Waals surface area contributed by atoms with Crippen LogP contribution in [0.4, 0.5) is 21.0 Å². The number of nitrogens with zero attached hydrogens (tertiary/aromatic N) is 1. The molecule has 3 amide bonds. The SMILES string of the molecule is CO[C@H]1C=CC=C(C)C(=O)Nc2cc(O)c(NC(=O)OCCCCCCCN3CCOCC3)c(c2O)C=C(C)C[C@H](OC)[C@H](O)[C@@H](C)C=C(C)[C@@H]1OC(N)=O. The molecule has 0 saturated carbocycles. The lowest BCUT2D eigenvalue weighted by Crippen LogP contribution is -2.36. The van der Waals surface area contributed by atoms with Crippen molar-refractivity contribution in [3.8, 4) is 11.5 Å². The minimum Gasteiger partial charge on any atom is -0.506 e. The number of ether oxygens (including phenoxy) is 5. The number of carbonyl (C=O) groups excluding carboxylic acids is 3. The Labute approximate surface area is 324 Å². The number of hydrogen-bond donors (Lipinski definition) is 6. The molecule has 7 N–H and O–H groups in total. The van der Waals surface area contributed by atoms with Crippen LogP contribution in [-0.2, 0) is 28.5 Å². The highest BCUT2D eigenvalue weighted by molar-refractivity contribution is 6.06. The Hall–Kier alpha value is -4.41. The van der Waals surface area contributed by atoms with Crippen molar-refractivity contribution in [3.63, 3.8) is 0 Å². The van der Waals surface area contributed by atoms with E-state index in [4.69, 9.17) is 29.4 Å². The fraction of sp³-hybridized carbons (Fsp3) is 0.575. The maximum absolute atomic E-state index is 13.2. The van der Waals surface area contributed by atoms with Crippen molar-refractivity contribution in [2.45, 2.75) is 90.6 Å². The lowest BCUT2D eigenvalue weighted by atomic mass is 9.91. The third kappa shape index (κ3) is 14.3. The van der Waals surface area contributed by atoms with Crippen LogP contribution in [0.3, 0.4) is 0 Å². The van der Waals surface area contributed by atoms with Gasteiger partial charge in [0.15, 0.2) is 6.10 Å². The number of methoxy groups -OCH3 is 2. The number of aliphatic hydroxyl groups excluding tert-OH is 1. The molecule has 2 aliphatic heterocycles. The Kier molecular flexibility index (Phi) is 18.7. The number of allylic oxidation sites excluding steroid dienone is 2. The van der Waals surface area contributed by atoms with E-state index < -0.39 is 59.9 Å².